The van der Waals surface area contributed by atoms with Crippen LogP contribution in [0.5, 0.6) is 11.5 Å². The molecular formula is C16H27NO3. The molecule has 0 spiro atoms. The smallest absolute Gasteiger partial charge is 0.119 e. The van der Waals surface area contributed by atoms with Gasteiger partial charge in [0.2, 0.25) is 0 Å². The molecule has 0 bridgehead atoms. The second-order valence-electron chi connectivity index (χ2n) is 5.42. The quantitative estimate of drug-likeness (QED) is 0.730. The molecule has 114 valence electrons. The van der Waals surface area contributed by atoms with Crippen LogP contribution in [-0.2, 0) is 0 Å². The Kier molecular flexibility index (Phi) is 6.82. The molecule has 0 aliphatic heterocycles. The summed E-state index contributed by atoms with van der Waals surface area (Å²) in [6.45, 7) is 6.88. The molecule has 0 radical (unpaired) electrons. The molecule has 2 unspecified atom stereocenters. The minimum Gasteiger partial charge on any atom is -0.494 e. The van der Waals surface area contributed by atoms with Crippen molar-refractivity contribution in [1.29, 1.82) is 0 Å². The molecular weight excluding hydrogens is 254 g/mol. The third-order valence-electron chi connectivity index (χ3n) is 3.32. The van der Waals surface area contributed by atoms with Crippen molar-refractivity contribution in [2.45, 2.75) is 45.3 Å². The molecule has 0 saturated carbocycles. The van der Waals surface area contributed by atoms with E-state index >= 15 is 0 Å². The lowest BCUT2D eigenvalue weighted by Gasteiger charge is -2.30. The molecule has 0 saturated heterocycles. The lowest BCUT2D eigenvalue weighted by Crippen LogP contribution is -2.46. The Morgan fingerprint density at radius 2 is 1.85 bits per heavy atom. The number of ether oxygens (including phenoxy) is 2. The van der Waals surface area contributed by atoms with Crippen molar-refractivity contribution in [2.24, 2.45) is 0 Å². The van der Waals surface area contributed by atoms with E-state index in [1.807, 2.05) is 45.2 Å². The predicted molar refractivity (Wildman–Crippen MR) is 81.5 cm³/mol. The molecule has 0 aliphatic carbocycles. The Hall–Kier alpha value is -1.26. The summed E-state index contributed by atoms with van der Waals surface area (Å²) >= 11 is 0. The predicted octanol–water partition coefficient (Wildman–Crippen LogP) is 2.60. The van der Waals surface area contributed by atoms with Crippen LogP contribution in [0.25, 0.3) is 0 Å². The van der Waals surface area contributed by atoms with Gasteiger partial charge in [0.1, 0.15) is 11.5 Å². The molecule has 20 heavy (non-hydrogen) atoms. The second kappa shape index (κ2) is 8.12. The summed E-state index contributed by atoms with van der Waals surface area (Å²) < 4.78 is 11.4. The maximum atomic E-state index is 9.38. The first kappa shape index (κ1) is 16.8. The van der Waals surface area contributed by atoms with Crippen molar-refractivity contribution >= 4 is 0 Å². The Morgan fingerprint density at radius 3 is 2.35 bits per heavy atom. The summed E-state index contributed by atoms with van der Waals surface area (Å²) in [5, 5.41) is 12.5. The van der Waals surface area contributed by atoms with Crippen LogP contribution < -0.4 is 14.8 Å². The molecule has 0 aromatic heterocycles. The van der Waals surface area contributed by atoms with Gasteiger partial charge in [0.15, 0.2) is 0 Å². The molecule has 2 atom stereocenters. The molecule has 1 rings (SSSR count). The largest absolute Gasteiger partial charge is 0.494 e. The minimum absolute atomic E-state index is 0.0158. The van der Waals surface area contributed by atoms with E-state index in [0.29, 0.717) is 0 Å². The Balaban J connectivity index is 2.51. The van der Waals surface area contributed by atoms with Gasteiger partial charge in [-0.25, -0.2) is 0 Å². The highest BCUT2D eigenvalue weighted by Gasteiger charge is 2.24. The average molecular weight is 281 g/mol. The first-order valence-electron chi connectivity index (χ1n) is 7.22. The standard InChI is InChI=1S/C16H27NO3/c1-5-10-19-14-6-8-15(9-7-14)20-13(2)11-16(3,12-18)17-4/h6-9,13,17-18H,5,10-12H2,1-4H3. The summed E-state index contributed by atoms with van der Waals surface area (Å²) in [6.07, 6.45) is 1.75. The Bertz CT molecular complexity index is 374. The lowest BCUT2D eigenvalue weighted by atomic mass is 9.96. The first-order valence-corrected chi connectivity index (χ1v) is 7.22. The maximum Gasteiger partial charge on any atom is 0.119 e. The molecule has 0 fully saturated rings. The maximum absolute atomic E-state index is 9.38. The fraction of sp³-hybridized carbons (Fsp3) is 0.625. The van der Waals surface area contributed by atoms with Gasteiger partial charge in [0, 0.05) is 12.0 Å². The van der Waals surface area contributed by atoms with Gasteiger partial charge in [-0.15, -0.1) is 0 Å². The fourth-order valence-electron chi connectivity index (χ4n) is 1.99. The van der Waals surface area contributed by atoms with Crippen LogP contribution in [0.1, 0.15) is 33.6 Å². The second-order valence-corrected chi connectivity index (χ2v) is 5.42. The van der Waals surface area contributed by atoms with Crippen LogP contribution in [0.15, 0.2) is 24.3 Å². The van der Waals surface area contributed by atoms with Gasteiger partial charge in [0.05, 0.1) is 19.3 Å². The fourth-order valence-corrected chi connectivity index (χ4v) is 1.99. The Morgan fingerprint density at radius 1 is 1.25 bits per heavy atom. The number of likely N-dealkylation sites (N-methyl/N-ethyl adjacent to an activating group) is 1. The summed E-state index contributed by atoms with van der Waals surface area (Å²) in [4.78, 5) is 0. The first-order chi connectivity index (χ1) is 9.53. The summed E-state index contributed by atoms with van der Waals surface area (Å²) in [6, 6.07) is 7.66. The SMILES string of the molecule is CCCOc1ccc(OC(C)CC(C)(CO)NC)cc1. The normalized spacial score (nSPS) is 15.4. The molecule has 1 aromatic carbocycles. The number of rotatable bonds is 9. The number of hydrogen-bond donors (Lipinski definition) is 2. The number of benzene rings is 1. The Labute approximate surface area is 122 Å². The van der Waals surface area contributed by atoms with Crippen LogP contribution in [0, 0.1) is 0 Å². The van der Waals surface area contributed by atoms with Crippen molar-refractivity contribution in [3.63, 3.8) is 0 Å². The molecule has 0 amide bonds. The van der Waals surface area contributed by atoms with Gasteiger partial charge < -0.3 is 19.9 Å². The van der Waals surface area contributed by atoms with Crippen LogP contribution in [-0.4, -0.2) is 37.0 Å². The number of aliphatic hydroxyl groups excluding tert-OH is 1. The van der Waals surface area contributed by atoms with Crippen molar-refractivity contribution in [3.05, 3.63) is 24.3 Å². The summed E-state index contributed by atoms with van der Waals surface area (Å²) in [5.41, 5.74) is -0.316. The van der Waals surface area contributed by atoms with Gasteiger partial charge in [-0.05, 0) is 51.6 Å². The van der Waals surface area contributed by atoms with E-state index < -0.39 is 0 Å². The molecule has 4 heteroatoms. The topological polar surface area (TPSA) is 50.7 Å². The zero-order chi connectivity index (χ0) is 15.0. The minimum atomic E-state index is -0.316. The number of nitrogens with one attached hydrogen (secondary N) is 1. The highest BCUT2D eigenvalue weighted by molar-refractivity contribution is 5.31. The van der Waals surface area contributed by atoms with Gasteiger partial charge in [-0.1, -0.05) is 6.92 Å². The zero-order valence-corrected chi connectivity index (χ0v) is 13.0. The third kappa shape index (κ3) is 5.39. The van der Waals surface area contributed by atoms with Crippen LogP contribution in [0.4, 0.5) is 0 Å². The highest BCUT2D eigenvalue weighted by atomic mass is 16.5. The van der Waals surface area contributed by atoms with Gasteiger partial charge in [0.25, 0.3) is 0 Å². The average Bonchev–Trinajstić information content (AvgIpc) is 2.46. The van der Waals surface area contributed by atoms with E-state index in [0.717, 1.165) is 30.9 Å². The van der Waals surface area contributed by atoms with Crippen molar-refractivity contribution < 1.29 is 14.6 Å². The van der Waals surface area contributed by atoms with E-state index in [2.05, 4.69) is 12.2 Å². The number of hydrogen-bond acceptors (Lipinski definition) is 4. The van der Waals surface area contributed by atoms with E-state index in [1.54, 1.807) is 0 Å². The number of aliphatic hydroxyl groups is 1. The summed E-state index contributed by atoms with van der Waals surface area (Å²) in [5.74, 6) is 1.68. The molecule has 0 heterocycles. The van der Waals surface area contributed by atoms with Crippen molar-refractivity contribution in [1.82, 2.24) is 5.32 Å². The lowest BCUT2D eigenvalue weighted by molar-refractivity contribution is 0.115. The van der Waals surface area contributed by atoms with E-state index in [1.165, 1.54) is 0 Å². The molecule has 4 nitrogen and oxygen atoms in total. The molecule has 1 aromatic rings. The van der Waals surface area contributed by atoms with Gasteiger partial charge in [-0.2, -0.15) is 0 Å². The van der Waals surface area contributed by atoms with Crippen molar-refractivity contribution in [2.75, 3.05) is 20.3 Å². The van der Waals surface area contributed by atoms with Crippen molar-refractivity contribution in [3.8, 4) is 11.5 Å². The van der Waals surface area contributed by atoms with Crippen LogP contribution >= 0.6 is 0 Å². The van der Waals surface area contributed by atoms with E-state index in [-0.39, 0.29) is 18.2 Å². The van der Waals surface area contributed by atoms with E-state index in [4.69, 9.17) is 9.47 Å². The van der Waals surface area contributed by atoms with Crippen LogP contribution in [0.3, 0.4) is 0 Å². The zero-order valence-electron chi connectivity index (χ0n) is 13.0. The van der Waals surface area contributed by atoms with Crippen LogP contribution in [0.2, 0.25) is 0 Å². The van der Waals surface area contributed by atoms with Gasteiger partial charge >= 0.3 is 0 Å². The van der Waals surface area contributed by atoms with Gasteiger partial charge in [-0.3, -0.25) is 0 Å². The molecule has 2 N–H and O–H groups in total. The monoisotopic (exact) mass is 281 g/mol. The summed E-state index contributed by atoms with van der Waals surface area (Å²) in [7, 11) is 1.85. The highest BCUT2D eigenvalue weighted by Crippen LogP contribution is 2.21. The third-order valence-corrected chi connectivity index (χ3v) is 3.32. The van der Waals surface area contributed by atoms with E-state index in [9.17, 15) is 5.11 Å². The molecule has 0 aliphatic rings.